The van der Waals surface area contributed by atoms with E-state index >= 15 is 0 Å². The first kappa shape index (κ1) is 11.7. The van der Waals surface area contributed by atoms with Crippen LogP contribution in [0, 0.1) is 17.5 Å². The van der Waals surface area contributed by atoms with E-state index in [1.54, 1.807) is 12.1 Å². The molecule has 1 nitrogen and oxygen atoms in total. The summed E-state index contributed by atoms with van der Waals surface area (Å²) < 4.78 is 40.7. The molecule has 0 amide bonds. The predicted molar refractivity (Wildman–Crippen MR) is 66.7 cm³/mol. The van der Waals surface area contributed by atoms with Crippen LogP contribution in [0.1, 0.15) is 10.4 Å². The second kappa shape index (κ2) is 4.09. The van der Waals surface area contributed by atoms with E-state index in [1.165, 1.54) is 24.3 Å². The smallest absolute Gasteiger partial charge is 0.169 e. The molecule has 0 aliphatic heterocycles. The summed E-state index contributed by atoms with van der Waals surface area (Å²) in [6.45, 7) is 0. The summed E-state index contributed by atoms with van der Waals surface area (Å²) in [5, 5.41) is 1.48. The van der Waals surface area contributed by atoms with Gasteiger partial charge in [0.2, 0.25) is 0 Å². The van der Waals surface area contributed by atoms with Gasteiger partial charge in [-0.15, -0.1) is 0 Å². The van der Waals surface area contributed by atoms with Crippen LogP contribution in [0.4, 0.5) is 13.2 Å². The molecule has 3 aromatic rings. The topological polar surface area (TPSA) is 17.1 Å². The van der Waals surface area contributed by atoms with Crippen LogP contribution in [-0.4, -0.2) is 6.29 Å². The number of halogens is 3. The molecule has 0 saturated heterocycles. The summed E-state index contributed by atoms with van der Waals surface area (Å²) in [6, 6.07) is 8.32. The van der Waals surface area contributed by atoms with Crippen molar-refractivity contribution in [3.8, 4) is 0 Å². The lowest BCUT2D eigenvalue weighted by atomic mass is 9.99. The molecule has 0 heterocycles. The Morgan fingerprint density at radius 2 is 1.53 bits per heavy atom. The maximum Gasteiger partial charge on any atom is 0.169 e. The van der Waals surface area contributed by atoms with E-state index in [1.807, 2.05) is 0 Å². The fraction of sp³-hybridized carbons (Fsp3) is 0. The third-order valence-electron chi connectivity index (χ3n) is 3.13. The largest absolute Gasteiger partial charge is 0.298 e. The predicted octanol–water partition coefficient (Wildman–Crippen LogP) is 4.22. The fourth-order valence-corrected chi connectivity index (χ4v) is 2.21. The maximum atomic E-state index is 13.8. The second-order valence-electron chi connectivity index (χ2n) is 4.24. The first-order chi connectivity index (χ1) is 9.11. The standard InChI is InChI=1S/C15H7F3O/c16-10-3-1-8-2-4-11-13(12(8)6-10)5-9(7-19)14(17)15(11)18/h1-7H. The van der Waals surface area contributed by atoms with Gasteiger partial charge in [0.1, 0.15) is 5.82 Å². The van der Waals surface area contributed by atoms with Crippen molar-refractivity contribution in [3.63, 3.8) is 0 Å². The number of carbonyl (C=O) groups is 1. The molecule has 0 aliphatic carbocycles. The molecule has 0 bridgehead atoms. The second-order valence-corrected chi connectivity index (χ2v) is 4.24. The summed E-state index contributed by atoms with van der Waals surface area (Å²) in [7, 11) is 0. The van der Waals surface area contributed by atoms with Crippen molar-refractivity contribution in [2.75, 3.05) is 0 Å². The van der Waals surface area contributed by atoms with E-state index in [4.69, 9.17) is 0 Å². The summed E-state index contributed by atoms with van der Waals surface area (Å²) in [5.74, 6) is -2.75. The summed E-state index contributed by atoms with van der Waals surface area (Å²) in [5.41, 5.74) is -0.373. The Morgan fingerprint density at radius 3 is 2.26 bits per heavy atom. The fourth-order valence-electron chi connectivity index (χ4n) is 2.21. The van der Waals surface area contributed by atoms with Crippen LogP contribution >= 0.6 is 0 Å². The van der Waals surface area contributed by atoms with Gasteiger partial charge in [0.05, 0.1) is 5.56 Å². The Morgan fingerprint density at radius 1 is 0.789 bits per heavy atom. The first-order valence-electron chi connectivity index (χ1n) is 5.57. The normalized spacial score (nSPS) is 11.1. The minimum absolute atomic E-state index is 0.0289. The molecule has 94 valence electrons. The van der Waals surface area contributed by atoms with Gasteiger partial charge in [-0.3, -0.25) is 4.79 Å². The van der Waals surface area contributed by atoms with Crippen molar-refractivity contribution in [1.82, 2.24) is 0 Å². The maximum absolute atomic E-state index is 13.8. The molecule has 0 N–H and O–H groups in total. The number of hydrogen-bond donors (Lipinski definition) is 0. The Hall–Kier alpha value is -2.36. The molecule has 3 aromatic carbocycles. The molecule has 0 saturated carbocycles. The van der Waals surface area contributed by atoms with Gasteiger partial charge >= 0.3 is 0 Å². The first-order valence-corrected chi connectivity index (χ1v) is 5.57. The number of hydrogen-bond acceptors (Lipinski definition) is 1. The van der Waals surface area contributed by atoms with Crippen molar-refractivity contribution in [3.05, 3.63) is 59.4 Å². The van der Waals surface area contributed by atoms with E-state index in [2.05, 4.69) is 0 Å². The van der Waals surface area contributed by atoms with E-state index in [0.717, 1.165) is 0 Å². The number of rotatable bonds is 1. The van der Waals surface area contributed by atoms with E-state index in [9.17, 15) is 18.0 Å². The van der Waals surface area contributed by atoms with Crippen molar-refractivity contribution in [1.29, 1.82) is 0 Å². The van der Waals surface area contributed by atoms with Crippen molar-refractivity contribution in [2.45, 2.75) is 0 Å². The van der Waals surface area contributed by atoms with Gasteiger partial charge in [0.15, 0.2) is 17.9 Å². The monoisotopic (exact) mass is 260 g/mol. The van der Waals surface area contributed by atoms with Crippen LogP contribution in [0.3, 0.4) is 0 Å². The summed E-state index contributed by atoms with van der Waals surface area (Å²) in [6.07, 6.45) is 0.246. The zero-order chi connectivity index (χ0) is 13.6. The van der Waals surface area contributed by atoms with Gasteiger partial charge in [-0.1, -0.05) is 18.2 Å². The molecule has 0 spiro atoms. The number of benzene rings is 3. The zero-order valence-corrected chi connectivity index (χ0v) is 9.58. The Bertz CT molecular complexity index is 825. The Kier molecular flexibility index (Phi) is 2.52. The molecule has 3 rings (SSSR count). The molecule has 0 aromatic heterocycles. The van der Waals surface area contributed by atoms with Crippen LogP contribution in [0.2, 0.25) is 0 Å². The molecule has 19 heavy (non-hydrogen) atoms. The van der Waals surface area contributed by atoms with Gasteiger partial charge in [0.25, 0.3) is 0 Å². The van der Waals surface area contributed by atoms with Crippen LogP contribution in [0.5, 0.6) is 0 Å². The lowest BCUT2D eigenvalue weighted by molar-refractivity contribution is 0.111. The van der Waals surface area contributed by atoms with E-state index in [-0.39, 0.29) is 17.2 Å². The highest BCUT2D eigenvalue weighted by Gasteiger charge is 2.14. The summed E-state index contributed by atoms with van der Waals surface area (Å²) >= 11 is 0. The average molecular weight is 260 g/mol. The van der Waals surface area contributed by atoms with Gasteiger partial charge in [-0.25, -0.2) is 13.2 Å². The molecule has 0 fully saturated rings. The third kappa shape index (κ3) is 1.68. The van der Waals surface area contributed by atoms with Gasteiger partial charge in [0, 0.05) is 5.39 Å². The molecule has 4 heteroatoms. The lowest BCUT2D eigenvalue weighted by Crippen LogP contribution is -1.95. The Balaban J connectivity index is 2.57. The van der Waals surface area contributed by atoms with Crippen molar-refractivity contribution in [2.24, 2.45) is 0 Å². The SMILES string of the molecule is O=Cc1cc2c(ccc3ccc(F)cc32)c(F)c1F. The van der Waals surface area contributed by atoms with E-state index in [0.29, 0.717) is 16.2 Å². The van der Waals surface area contributed by atoms with Crippen LogP contribution in [-0.2, 0) is 0 Å². The highest BCUT2D eigenvalue weighted by Crippen LogP contribution is 2.30. The molecular weight excluding hydrogens is 253 g/mol. The van der Waals surface area contributed by atoms with Gasteiger partial charge < -0.3 is 0 Å². The third-order valence-corrected chi connectivity index (χ3v) is 3.13. The summed E-state index contributed by atoms with van der Waals surface area (Å²) in [4.78, 5) is 10.7. The van der Waals surface area contributed by atoms with Crippen LogP contribution < -0.4 is 0 Å². The van der Waals surface area contributed by atoms with E-state index < -0.39 is 17.5 Å². The minimum Gasteiger partial charge on any atom is -0.298 e. The van der Waals surface area contributed by atoms with Crippen LogP contribution in [0.15, 0.2) is 36.4 Å². The molecule has 0 aliphatic rings. The molecule has 0 radical (unpaired) electrons. The highest BCUT2D eigenvalue weighted by atomic mass is 19.2. The van der Waals surface area contributed by atoms with Crippen LogP contribution in [0.25, 0.3) is 21.5 Å². The highest BCUT2D eigenvalue weighted by molar-refractivity contribution is 6.09. The number of carbonyl (C=O) groups excluding carboxylic acids is 1. The quantitative estimate of drug-likeness (QED) is 0.473. The number of fused-ring (bicyclic) bond motifs is 3. The molecular formula is C15H7F3O. The van der Waals surface area contributed by atoms with Gasteiger partial charge in [-0.2, -0.15) is 0 Å². The molecule has 0 unspecified atom stereocenters. The lowest BCUT2D eigenvalue weighted by Gasteiger charge is -2.07. The average Bonchev–Trinajstić information content (AvgIpc) is 2.42. The molecule has 0 atom stereocenters. The van der Waals surface area contributed by atoms with Crippen molar-refractivity contribution < 1.29 is 18.0 Å². The minimum atomic E-state index is -1.18. The van der Waals surface area contributed by atoms with Crippen molar-refractivity contribution >= 4 is 27.8 Å². The zero-order valence-electron chi connectivity index (χ0n) is 9.58. The number of aldehydes is 1. The Labute approximate surface area is 106 Å². The van der Waals surface area contributed by atoms with Gasteiger partial charge in [-0.05, 0) is 34.4 Å².